The molecule has 0 aromatic heterocycles. The molecule has 0 saturated heterocycles. The Morgan fingerprint density at radius 3 is 2.15 bits per heavy atom. The number of hydrogen-bond donors (Lipinski definition) is 3. The van der Waals surface area contributed by atoms with Gasteiger partial charge < -0.3 is 11.1 Å². The third-order valence-corrected chi connectivity index (χ3v) is 6.07. The fraction of sp³-hybridized carbons (Fsp3) is 0.0476. The molecule has 12 heteroatoms. The Hall–Kier alpha value is -3.57. The van der Waals surface area contributed by atoms with E-state index in [9.17, 15) is 31.2 Å². The van der Waals surface area contributed by atoms with Gasteiger partial charge in [0.25, 0.3) is 15.9 Å². The van der Waals surface area contributed by atoms with Crippen molar-refractivity contribution in [3.05, 3.63) is 88.4 Å². The number of sulfonamides is 1. The smallest absolute Gasteiger partial charge is 0.366 e. The van der Waals surface area contributed by atoms with Crippen LogP contribution < -0.4 is 15.8 Å². The van der Waals surface area contributed by atoms with Crippen LogP contribution in [0.1, 0.15) is 26.3 Å². The van der Waals surface area contributed by atoms with E-state index in [-0.39, 0.29) is 32.4 Å². The summed E-state index contributed by atoms with van der Waals surface area (Å²) >= 11 is 5.94. The predicted octanol–water partition coefficient (Wildman–Crippen LogP) is 4.51. The molecule has 0 saturated carbocycles. The van der Waals surface area contributed by atoms with Crippen molar-refractivity contribution in [2.75, 3.05) is 10.0 Å². The number of carbonyl (C=O) groups excluding carboxylic acids is 2. The van der Waals surface area contributed by atoms with Crippen LogP contribution >= 0.6 is 11.6 Å². The van der Waals surface area contributed by atoms with Crippen LogP contribution in [0.3, 0.4) is 0 Å². The normalized spacial score (nSPS) is 11.6. The summed E-state index contributed by atoms with van der Waals surface area (Å²) in [5.41, 5.74) is 4.36. The second kappa shape index (κ2) is 9.12. The van der Waals surface area contributed by atoms with Crippen LogP contribution in [-0.4, -0.2) is 20.2 Å². The minimum absolute atomic E-state index is 0.0439. The molecule has 3 rings (SSSR count). The van der Waals surface area contributed by atoms with Gasteiger partial charge in [0.2, 0.25) is 5.91 Å². The first-order valence-corrected chi connectivity index (χ1v) is 10.9. The Labute approximate surface area is 191 Å². The van der Waals surface area contributed by atoms with Gasteiger partial charge in [-0.2, -0.15) is 13.2 Å². The van der Waals surface area contributed by atoms with Crippen molar-refractivity contribution in [3.8, 4) is 0 Å². The first-order valence-electron chi connectivity index (χ1n) is 9.08. The maximum absolute atomic E-state index is 12.8. The number of nitrogens with two attached hydrogens (primary N) is 1. The van der Waals surface area contributed by atoms with Crippen LogP contribution in [0.2, 0.25) is 5.02 Å². The number of benzene rings is 3. The highest BCUT2D eigenvalue weighted by Crippen LogP contribution is 2.31. The van der Waals surface area contributed by atoms with Crippen molar-refractivity contribution >= 4 is 44.8 Å². The highest BCUT2D eigenvalue weighted by molar-refractivity contribution is 7.92. The van der Waals surface area contributed by atoms with Gasteiger partial charge >= 0.3 is 6.18 Å². The number of nitrogens with one attached hydrogen (secondary N) is 2. The molecule has 3 aromatic carbocycles. The third-order valence-electron chi connectivity index (χ3n) is 4.36. The van der Waals surface area contributed by atoms with E-state index >= 15 is 0 Å². The average Bonchev–Trinajstić information content (AvgIpc) is 2.73. The number of alkyl halides is 3. The van der Waals surface area contributed by atoms with Gasteiger partial charge in [-0.05, 0) is 60.7 Å². The molecule has 2 amide bonds. The van der Waals surface area contributed by atoms with Crippen LogP contribution in [0.5, 0.6) is 0 Å². The maximum Gasteiger partial charge on any atom is 0.416 e. The van der Waals surface area contributed by atoms with Gasteiger partial charge in [-0.25, -0.2) is 8.42 Å². The summed E-state index contributed by atoms with van der Waals surface area (Å²) in [6, 6.07) is 12.6. The number of hydrogen-bond acceptors (Lipinski definition) is 4. The fourth-order valence-corrected chi connectivity index (χ4v) is 4.08. The van der Waals surface area contributed by atoms with E-state index in [1.165, 1.54) is 36.4 Å². The maximum atomic E-state index is 12.8. The van der Waals surface area contributed by atoms with Gasteiger partial charge in [0.15, 0.2) is 0 Å². The van der Waals surface area contributed by atoms with E-state index < -0.39 is 33.6 Å². The molecule has 0 heterocycles. The molecule has 4 N–H and O–H groups in total. The average molecular weight is 498 g/mol. The lowest BCUT2D eigenvalue weighted by Crippen LogP contribution is -2.16. The predicted molar refractivity (Wildman–Crippen MR) is 117 cm³/mol. The van der Waals surface area contributed by atoms with Gasteiger partial charge in [-0.3, -0.25) is 14.3 Å². The third kappa shape index (κ3) is 5.82. The van der Waals surface area contributed by atoms with Gasteiger partial charge in [-0.15, -0.1) is 0 Å². The minimum atomic E-state index is -4.62. The van der Waals surface area contributed by atoms with Gasteiger partial charge in [0.05, 0.1) is 21.0 Å². The Bertz CT molecular complexity index is 1330. The molecule has 172 valence electrons. The molecule has 0 aliphatic rings. The van der Waals surface area contributed by atoms with Crippen LogP contribution in [0.25, 0.3) is 0 Å². The van der Waals surface area contributed by atoms with E-state index in [0.29, 0.717) is 6.07 Å². The second-order valence-electron chi connectivity index (χ2n) is 6.72. The molecular weight excluding hydrogens is 483 g/mol. The molecule has 0 aliphatic heterocycles. The lowest BCUT2D eigenvalue weighted by Gasteiger charge is -2.12. The zero-order valence-corrected chi connectivity index (χ0v) is 18.1. The molecule has 0 unspecified atom stereocenters. The summed E-state index contributed by atoms with van der Waals surface area (Å²) in [6.07, 6.45) is -4.62. The van der Waals surface area contributed by atoms with Gasteiger partial charge in [-0.1, -0.05) is 17.7 Å². The first kappa shape index (κ1) is 24.1. The van der Waals surface area contributed by atoms with E-state index in [2.05, 4.69) is 10.0 Å². The Balaban J connectivity index is 1.74. The molecule has 0 aliphatic carbocycles. The van der Waals surface area contributed by atoms with Crippen LogP contribution in [0, 0.1) is 0 Å². The molecule has 3 aromatic rings. The number of rotatable bonds is 6. The zero-order valence-electron chi connectivity index (χ0n) is 16.5. The van der Waals surface area contributed by atoms with Crippen LogP contribution in [-0.2, 0) is 16.2 Å². The summed E-state index contributed by atoms with van der Waals surface area (Å²) in [6.45, 7) is 0. The van der Waals surface area contributed by atoms with Gasteiger partial charge in [0, 0.05) is 16.9 Å². The first-order chi connectivity index (χ1) is 15.4. The summed E-state index contributed by atoms with van der Waals surface area (Å²) in [4.78, 5) is 23.4. The van der Waals surface area contributed by atoms with Crippen molar-refractivity contribution in [2.45, 2.75) is 11.1 Å². The second-order valence-corrected chi connectivity index (χ2v) is 8.81. The van der Waals surface area contributed by atoms with Crippen molar-refractivity contribution in [3.63, 3.8) is 0 Å². The highest BCUT2D eigenvalue weighted by atomic mass is 35.5. The lowest BCUT2D eigenvalue weighted by molar-refractivity contribution is -0.137. The Morgan fingerprint density at radius 2 is 1.58 bits per heavy atom. The number of amides is 2. The summed E-state index contributed by atoms with van der Waals surface area (Å²) in [5, 5.41) is 2.58. The van der Waals surface area contributed by atoms with Gasteiger partial charge in [0.1, 0.15) is 0 Å². The molecular formula is C21H15ClF3N3O4S. The SMILES string of the molecule is NC(=O)c1ccc(NC(=O)c2ccc(S(=O)(=O)Nc3cccc(C(F)(F)F)c3)cc2)cc1Cl. The monoisotopic (exact) mass is 497 g/mol. The summed E-state index contributed by atoms with van der Waals surface area (Å²) < 4.78 is 65.6. The summed E-state index contributed by atoms with van der Waals surface area (Å²) in [7, 11) is -4.21. The van der Waals surface area contributed by atoms with Crippen molar-refractivity contribution < 1.29 is 31.2 Å². The lowest BCUT2D eigenvalue weighted by atomic mass is 10.1. The molecule has 0 fully saturated rings. The van der Waals surface area contributed by atoms with Crippen molar-refractivity contribution in [2.24, 2.45) is 5.73 Å². The molecule has 7 nitrogen and oxygen atoms in total. The number of anilines is 2. The van der Waals surface area contributed by atoms with E-state index in [1.807, 2.05) is 0 Å². The van der Waals surface area contributed by atoms with Crippen molar-refractivity contribution in [1.82, 2.24) is 0 Å². The molecule has 33 heavy (non-hydrogen) atoms. The number of halogens is 4. The quantitative estimate of drug-likeness (QED) is 0.464. The summed E-state index contributed by atoms with van der Waals surface area (Å²) in [5.74, 6) is -1.32. The standard InChI is InChI=1S/C21H15ClF3N3O4S/c22-18-11-14(6-9-17(18)19(26)29)27-20(30)12-4-7-16(8-5-12)33(31,32)28-15-3-1-2-13(10-15)21(23,24)25/h1-11,28H,(H2,26,29)(H,27,30). The molecule has 0 bridgehead atoms. The highest BCUT2D eigenvalue weighted by Gasteiger charge is 2.30. The molecule has 0 atom stereocenters. The number of primary amides is 1. The van der Waals surface area contributed by atoms with Crippen molar-refractivity contribution in [1.29, 1.82) is 0 Å². The van der Waals surface area contributed by atoms with Crippen LogP contribution in [0.4, 0.5) is 24.5 Å². The Morgan fingerprint density at radius 1 is 0.909 bits per heavy atom. The van der Waals surface area contributed by atoms with E-state index in [0.717, 1.165) is 24.3 Å². The van der Waals surface area contributed by atoms with Crippen LogP contribution in [0.15, 0.2) is 71.6 Å². The Kier molecular flexibility index (Phi) is 6.65. The van der Waals surface area contributed by atoms with E-state index in [1.54, 1.807) is 0 Å². The molecule has 0 spiro atoms. The zero-order chi connectivity index (χ0) is 24.4. The fourth-order valence-electron chi connectivity index (χ4n) is 2.75. The topological polar surface area (TPSA) is 118 Å². The molecule has 0 radical (unpaired) electrons. The largest absolute Gasteiger partial charge is 0.416 e. The minimum Gasteiger partial charge on any atom is -0.366 e. The van der Waals surface area contributed by atoms with E-state index in [4.69, 9.17) is 17.3 Å². The number of carbonyl (C=O) groups is 2.